The van der Waals surface area contributed by atoms with Crippen molar-refractivity contribution in [3.63, 3.8) is 0 Å². The summed E-state index contributed by atoms with van der Waals surface area (Å²) in [5.74, 6) is -0.700. The summed E-state index contributed by atoms with van der Waals surface area (Å²) in [5.41, 5.74) is 6.91. The fourth-order valence-corrected chi connectivity index (χ4v) is 3.24. The average molecular weight is 464 g/mol. The Hall–Kier alpha value is -3.25. The summed E-state index contributed by atoms with van der Waals surface area (Å²) in [6.45, 7) is 4.05. The molecule has 3 aromatic rings. The van der Waals surface area contributed by atoms with Crippen LogP contribution in [-0.2, 0) is 6.42 Å². The van der Waals surface area contributed by atoms with Crippen LogP contribution in [0.4, 0.5) is 5.69 Å². The van der Waals surface area contributed by atoms with E-state index >= 15 is 0 Å². The van der Waals surface area contributed by atoms with Gasteiger partial charge in [-0.2, -0.15) is 5.10 Å². The van der Waals surface area contributed by atoms with E-state index in [1.165, 1.54) is 0 Å². The molecule has 6 heteroatoms. The van der Waals surface area contributed by atoms with E-state index in [0.29, 0.717) is 16.8 Å². The Labute approximate surface area is 184 Å². The Balaban J connectivity index is 1.75. The molecule has 0 saturated heterocycles. The largest absolute Gasteiger partial charge is 0.321 e. The summed E-state index contributed by atoms with van der Waals surface area (Å²) < 4.78 is 0.723. The zero-order chi connectivity index (χ0) is 21.5. The minimum Gasteiger partial charge on any atom is -0.321 e. The lowest BCUT2D eigenvalue weighted by Crippen LogP contribution is -2.21. The molecule has 0 saturated carbocycles. The van der Waals surface area contributed by atoms with Crippen LogP contribution in [0, 0.1) is 6.92 Å². The summed E-state index contributed by atoms with van der Waals surface area (Å²) in [6, 6.07) is 20.3. The molecule has 0 heterocycles. The topological polar surface area (TPSA) is 70.6 Å². The number of carbonyl (C=O) groups excluding carboxylic acids is 2. The lowest BCUT2D eigenvalue weighted by molar-refractivity contribution is 0.0956. The number of benzene rings is 3. The molecule has 3 rings (SSSR count). The van der Waals surface area contributed by atoms with Crippen LogP contribution >= 0.6 is 15.9 Å². The number of hydrogen-bond donors (Lipinski definition) is 2. The van der Waals surface area contributed by atoms with Crippen molar-refractivity contribution < 1.29 is 9.59 Å². The molecule has 2 amide bonds. The number of rotatable bonds is 6. The van der Waals surface area contributed by atoms with E-state index in [-0.39, 0.29) is 5.91 Å². The van der Waals surface area contributed by atoms with Gasteiger partial charge in [-0.15, -0.1) is 0 Å². The Morgan fingerprint density at radius 3 is 2.47 bits per heavy atom. The fraction of sp³-hybridized carbons (Fsp3) is 0.125. The molecule has 3 aromatic carbocycles. The minimum atomic E-state index is -0.420. The molecular formula is C24H22BrN3O2. The van der Waals surface area contributed by atoms with Crippen molar-refractivity contribution in [2.24, 2.45) is 5.10 Å². The van der Waals surface area contributed by atoms with Crippen LogP contribution in [0.1, 0.15) is 44.3 Å². The van der Waals surface area contributed by atoms with Crippen molar-refractivity contribution in [3.05, 3.63) is 99.0 Å². The van der Waals surface area contributed by atoms with Crippen molar-refractivity contribution in [1.29, 1.82) is 0 Å². The van der Waals surface area contributed by atoms with Crippen LogP contribution in [0.2, 0.25) is 0 Å². The highest BCUT2D eigenvalue weighted by atomic mass is 79.9. The quantitative estimate of drug-likeness (QED) is 0.382. The molecule has 0 radical (unpaired) electrons. The van der Waals surface area contributed by atoms with Crippen LogP contribution in [0.5, 0.6) is 0 Å². The van der Waals surface area contributed by atoms with Gasteiger partial charge in [0.25, 0.3) is 11.8 Å². The van der Waals surface area contributed by atoms with Gasteiger partial charge in [0.15, 0.2) is 0 Å². The third-order valence-corrected chi connectivity index (χ3v) is 5.01. The standard InChI is InChI=1S/C24H22BrN3O2/c1-3-17-7-9-19(10-8-17)23(29)27-22-12-11-20(25)14-21(22)24(30)28-26-15-18-6-4-5-16(2)13-18/h4-15H,3H2,1-2H3,(H,27,29)(H,28,30). The summed E-state index contributed by atoms with van der Waals surface area (Å²) in [7, 11) is 0. The number of hydrogen-bond acceptors (Lipinski definition) is 3. The number of aryl methyl sites for hydroxylation is 2. The van der Waals surface area contributed by atoms with Gasteiger partial charge in [0.2, 0.25) is 0 Å². The van der Waals surface area contributed by atoms with Gasteiger partial charge in [-0.1, -0.05) is 64.8 Å². The molecule has 152 valence electrons. The second-order valence-electron chi connectivity index (χ2n) is 6.81. The van der Waals surface area contributed by atoms with Gasteiger partial charge in [-0.25, -0.2) is 5.43 Å². The predicted octanol–water partition coefficient (Wildman–Crippen LogP) is 5.34. The Kier molecular flexibility index (Phi) is 7.14. The number of nitrogens with one attached hydrogen (secondary N) is 2. The SMILES string of the molecule is CCc1ccc(C(=O)Nc2ccc(Br)cc2C(=O)NN=Cc2cccc(C)c2)cc1. The van der Waals surface area contributed by atoms with E-state index in [2.05, 4.69) is 38.7 Å². The minimum absolute atomic E-state index is 0.280. The molecule has 0 aliphatic rings. The smallest absolute Gasteiger partial charge is 0.273 e. The molecule has 0 fully saturated rings. The maximum Gasteiger partial charge on any atom is 0.273 e. The van der Waals surface area contributed by atoms with Crippen LogP contribution in [0.3, 0.4) is 0 Å². The lowest BCUT2D eigenvalue weighted by Gasteiger charge is -2.11. The third kappa shape index (κ3) is 5.64. The highest BCUT2D eigenvalue weighted by Crippen LogP contribution is 2.22. The molecule has 0 atom stereocenters. The fourth-order valence-electron chi connectivity index (χ4n) is 2.88. The molecule has 30 heavy (non-hydrogen) atoms. The number of hydrazone groups is 1. The van der Waals surface area contributed by atoms with Gasteiger partial charge < -0.3 is 5.32 Å². The molecule has 0 aliphatic carbocycles. The molecular weight excluding hydrogens is 442 g/mol. The van der Waals surface area contributed by atoms with Crippen LogP contribution in [0.15, 0.2) is 76.3 Å². The molecule has 0 aliphatic heterocycles. The molecule has 5 nitrogen and oxygen atoms in total. The summed E-state index contributed by atoms with van der Waals surface area (Å²) in [4.78, 5) is 25.3. The highest BCUT2D eigenvalue weighted by molar-refractivity contribution is 9.10. The number of carbonyl (C=O) groups is 2. The second-order valence-corrected chi connectivity index (χ2v) is 7.72. The van der Waals surface area contributed by atoms with Crippen LogP contribution in [0.25, 0.3) is 0 Å². The zero-order valence-electron chi connectivity index (χ0n) is 16.8. The Bertz CT molecular complexity index is 1090. The van der Waals surface area contributed by atoms with Crippen molar-refractivity contribution in [2.75, 3.05) is 5.32 Å². The van der Waals surface area contributed by atoms with E-state index in [0.717, 1.165) is 27.6 Å². The van der Waals surface area contributed by atoms with Crippen molar-refractivity contribution >= 4 is 39.6 Å². The van der Waals surface area contributed by atoms with Gasteiger partial charge in [0.05, 0.1) is 17.5 Å². The molecule has 0 spiro atoms. The molecule has 2 N–H and O–H groups in total. The van der Waals surface area contributed by atoms with E-state index in [1.54, 1.807) is 36.5 Å². The molecule has 0 unspecified atom stereocenters. The van der Waals surface area contributed by atoms with E-state index < -0.39 is 5.91 Å². The maximum absolute atomic E-state index is 12.7. The van der Waals surface area contributed by atoms with Crippen molar-refractivity contribution in [1.82, 2.24) is 5.43 Å². The first kappa shape index (κ1) is 21.5. The summed E-state index contributed by atoms with van der Waals surface area (Å²) in [6.07, 6.45) is 2.48. The van der Waals surface area contributed by atoms with Gasteiger partial charge in [0.1, 0.15) is 0 Å². The Morgan fingerprint density at radius 1 is 1.00 bits per heavy atom. The second kappa shape index (κ2) is 9.98. The van der Waals surface area contributed by atoms with Crippen molar-refractivity contribution in [3.8, 4) is 0 Å². The maximum atomic E-state index is 12.7. The number of nitrogens with zero attached hydrogens (tertiary/aromatic N) is 1. The normalized spacial score (nSPS) is 10.8. The van der Waals surface area contributed by atoms with Crippen LogP contribution in [-0.4, -0.2) is 18.0 Å². The van der Waals surface area contributed by atoms with E-state index in [1.807, 2.05) is 43.3 Å². The van der Waals surface area contributed by atoms with Crippen LogP contribution < -0.4 is 10.7 Å². The van der Waals surface area contributed by atoms with Gasteiger partial charge in [-0.3, -0.25) is 9.59 Å². The van der Waals surface area contributed by atoms with E-state index in [9.17, 15) is 9.59 Å². The average Bonchev–Trinajstić information content (AvgIpc) is 2.75. The van der Waals surface area contributed by atoms with Gasteiger partial charge in [0, 0.05) is 10.0 Å². The molecule has 0 aromatic heterocycles. The Morgan fingerprint density at radius 2 is 1.77 bits per heavy atom. The molecule has 0 bridgehead atoms. The third-order valence-electron chi connectivity index (χ3n) is 4.52. The summed E-state index contributed by atoms with van der Waals surface area (Å²) in [5, 5.41) is 6.85. The summed E-state index contributed by atoms with van der Waals surface area (Å²) >= 11 is 3.37. The number of amides is 2. The van der Waals surface area contributed by atoms with Crippen molar-refractivity contribution in [2.45, 2.75) is 20.3 Å². The number of anilines is 1. The zero-order valence-corrected chi connectivity index (χ0v) is 18.4. The lowest BCUT2D eigenvalue weighted by atomic mass is 10.1. The van der Waals surface area contributed by atoms with Gasteiger partial charge >= 0.3 is 0 Å². The first-order valence-electron chi connectivity index (χ1n) is 9.56. The first-order chi connectivity index (χ1) is 14.5. The monoisotopic (exact) mass is 463 g/mol. The number of halogens is 1. The first-order valence-corrected chi connectivity index (χ1v) is 10.4. The predicted molar refractivity (Wildman–Crippen MR) is 124 cm³/mol. The van der Waals surface area contributed by atoms with Gasteiger partial charge in [-0.05, 0) is 54.8 Å². The van der Waals surface area contributed by atoms with E-state index in [4.69, 9.17) is 0 Å². The highest BCUT2D eigenvalue weighted by Gasteiger charge is 2.15.